The van der Waals surface area contributed by atoms with Crippen LogP contribution < -0.4 is 23.7 Å². The fourth-order valence-electron chi connectivity index (χ4n) is 2.48. The third-order valence-electron chi connectivity index (χ3n) is 3.81. The quantitative estimate of drug-likeness (QED) is 0.602. The van der Waals surface area contributed by atoms with E-state index in [0.717, 1.165) is 0 Å². The molecule has 0 saturated carbocycles. The lowest BCUT2D eigenvalue weighted by Crippen LogP contribution is -2.10. The van der Waals surface area contributed by atoms with Gasteiger partial charge in [0.25, 0.3) is 0 Å². The van der Waals surface area contributed by atoms with Gasteiger partial charge in [-0.05, 0) is 0 Å². The number of phenolic OH excluding ortho intramolecular Hbond substituents is 2. The van der Waals surface area contributed by atoms with Gasteiger partial charge in [-0.1, -0.05) is 0 Å². The SMILES string of the molecule is COc1cc(OCCC(=O)CCOc2cc(O)cc(O)c2)cc(OC)c1OC. The summed E-state index contributed by atoms with van der Waals surface area (Å²) in [5, 5.41) is 18.8. The topological polar surface area (TPSA) is 104 Å². The third-order valence-corrected chi connectivity index (χ3v) is 3.81. The van der Waals surface area contributed by atoms with E-state index in [1.807, 2.05) is 0 Å². The van der Waals surface area contributed by atoms with Crippen molar-refractivity contribution in [1.29, 1.82) is 0 Å². The molecule has 0 bridgehead atoms. The molecule has 8 nitrogen and oxygen atoms in total. The molecule has 0 aliphatic heterocycles. The van der Waals surface area contributed by atoms with E-state index in [-0.39, 0.29) is 43.3 Å². The van der Waals surface area contributed by atoms with Crippen LogP contribution in [-0.4, -0.2) is 50.5 Å². The number of ether oxygens (including phenoxy) is 5. The third kappa shape index (κ3) is 5.87. The Morgan fingerprint density at radius 1 is 0.750 bits per heavy atom. The Morgan fingerprint density at radius 3 is 1.64 bits per heavy atom. The van der Waals surface area contributed by atoms with Crippen molar-refractivity contribution < 1.29 is 38.7 Å². The molecule has 0 saturated heterocycles. The van der Waals surface area contributed by atoms with Crippen molar-refractivity contribution in [3.8, 4) is 40.2 Å². The summed E-state index contributed by atoms with van der Waals surface area (Å²) < 4.78 is 26.7. The van der Waals surface area contributed by atoms with Gasteiger partial charge in [0, 0.05) is 43.2 Å². The molecule has 0 fully saturated rings. The van der Waals surface area contributed by atoms with E-state index in [4.69, 9.17) is 23.7 Å². The monoisotopic (exact) mass is 392 g/mol. The number of hydrogen-bond acceptors (Lipinski definition) is 8. The highest BCUT2D eigenvalue weighted by atomic mass is 16.5. The maximum Gasteiger partial charge on any atom is 0.203 e. The van der Waals surface area contributed by atoms with Crippen molar-refractivity contribution in [2.24, 2.45) is 0 Å². The van der Waals surface area contributed by atoms with Gasteiger partial charge in [-0.3, -0.25) is 4.79 Å². The molecular weight excluding hydrogens is 368 g/mol. The Kier molecular flexibility index (Phi) is 7.62. The smallest absolute Gasteiger partial charge is 0.203 e. The Bertz CT molecular complexity index is 758. The van der Waals surface area contributed by atoms with Crippen molar-refractivity contribution in [2.75, 3.05) is 34.5 Å². The Balaban J connectivity index is 1.80. The molecule has 0 atom stereocenters. The van der Waals surface area contributed by atoms with Gasteiger partial charge < -0.3 is 33.9 Å². The zero-order valence-corrected chi connectivity index (χ0v) is 16.1. The molecule has 2 aromatic rings. The standard InChI is InChI=1S/C20H24O8/c1-24-18-11-17(12-19(25-2)20(18)26-3)28-7-5-13(21)4-6-27-16-9-14(22)8-15(23)10-16/h8-12,22-23H,4-7H2,1-3H3. The second-order valence-electron chi connectivity index (χ2n) is 5.78. The van der Waals surface area contributed by atoms with Crippen LogP contribution in [0.2, 0.25) is 0 Å². The number of ketones is 1. The zero-order valence-electron chi connectivity index (χ0n) is 16.1. The first-order chi connectivity index (χ1) is 13.5. The number of carbonyl (C=O) groups is 1. The van der Waals surface area contributed by atoms with E-state index in [1.54, 1.807) is 12.1 Å². The van der Waals surface area contributed by atoms with Gasteiger partial charge in [0.2, 0.25) is 5.75 Å². The molecule has 0 spiro atoms. The molecule has 8 heteroatoms. The number of aromatic hydroxyl groups is 2. The van der Waals surface area contributed by atoms with E-state index >= 15 is 0 Å². The van der Waals surface area contributed by atoms with Crippen LogP contribution >= 0.6 is 0 Å². The average molecular weight is 392 g/mol. The van der Waals surface area contributed by atoms with Crippen molar-refractivity contribution in [1.82, 2.24) is 0 Å². The summed E-state index contributed by atoms with van der Waals surface area (Å²) in [6.07, 6.45) is 0.375. The molecule has 0 radical (unpaired) electrons. The van der Waals surface area contributed by atoms with E-state index in [9.17, 15) is 15.0 Å². The summed E-state index contributed by atoms with van der Waals surface area (Å²) in [5.74, 6) is 1.91. The number of Topliss-reactive ketones (excluding diaryl/α,β-unsaturated/α-hetero) is 1. The van der Waals surface area contributed by atoms with Crippen LogP contribution in [0.1, 0.15) is 12.8 Å². The molecule has 2 aromatic carbocycles. The average Bonchev–Trinajstić information content (AvgIpc) is 2.66. The summed E-state index contributed by atoms with van der Waals surface area (Å²) in [6.45, 7) is 0.316. The summed E-state index contributed by atoms with van der Waals surface area (Å²) in [6, 6.07) is 7.22. The van der Waals surface area contributed by atoms with E-state index in [2.05, 4.69) is 0 Å². The van der Waals surface area contributed by atoms with Crippen LogP contribution in [0.4, 0.5) is 0 Å². The maximum atomic E-state index is 12.0. The molecular formula is C20H24O8. The van der Waals surface area contributed by atoms with Gasteiger partial charge >= 0.3 is 0 Å². The summed E-state index contributed by atoms with van der Waals surface area (Å²) in [7, 11) is 4.54. The van der Waals surface area contributed by atoms with Gasteiger partial charge in [-0.25, -0.2) is 0 Å². The zero-order chi connectivity index (χ0) is 20.5. The normalized spacial score (nSPS) is 10.2. The van der Waals surface area contributed by atoms with Gasteiger partial charge in [0.05, 0.1) is 34.5 Å². The lowest BCUT2D eigenvalue weighted by molar-refractivity contribution is -0.120. The second kappa shape index (κ2) is 10.1. The highest BCUT2D eigenvalue weighted by molar-refractivity contribution is 5.78. The molecule has 0 amide bonds. The first-order valence-electron chi connectivity index (χ1n) is 8.57. The predicted octanol–water partition coefficient (Wildman–Crippen LogP) is 2.93. The maximum absolute atomic E-state index is 12.0. The van der Waals surface area contributed by atoms with Crippen molar-refractivity contribution >= 4 is 5.78 Å². The van der Waals surface area contributed by atoms with Crippen molar-refractivity contribution in [3.63, 3.8) is 0 Å². The van der Waals surface area contributed by atoms with Crippen molar-refractivity contribution in [2.45, 2.75) is 12.8 Å². The Labute approximate surface area is 163 Å². The fourth-order valence-corrected chi connectivity index (χ4v) is 2.48. The number of phenols is 2. The van der Waals surface area contributed by atoms with Crippen LogP contribution in [0.5, 0.6) is 40.2 Å². The van der Waals surface area contributed by atoms with Crippen LogP contribution in [0, 0.1) is 0 Å². The minimum Gasteiger partial charge on any atom is -0.508 e. The van der Waals surface area contributed by atoms with Gasteiger partial charge in [0.1, 0.15) is 28.8 Å². The number of benzene rings is 2. The minimum atomic E-state index is -0.111. The fraction of sp³-hybridized carbons (Fsp3) is 0.350. The number of rotatable bonds is 11. The molecule has 0 aliphatic carbocycles. The molecule has 2 rings (SSSR count). The second-order valence-corrected chi connectivity index (χ2v) is 5.78. The number of carbonyl (C=O) groups excluding carboxylic acids is 1. The highest BCUT2D eigenvalue weighted by Crippen LogP contribution is 2.40. The van der Waals surface area contributed by atoms with Crippen LogP contribution in [0.3, 0.4) is 0 Å². The molecule has 152 valence electrons. The summed E-state index contributed by atoms with van der Waals surface area (Å²) >= 11 is 0. The molecule has 2 N–H and O–H groups in total. The molecule has 0 unspecified atom stereocenters. The van der Waals surface area contributed by atoms with Gasteiger partial charge in [0.15, 0.2) is 11.5 Å². The van der Waals surface area contributed by atoms with Crippen LogP contribution in [0.15, 0.2) is 30.3 Å². The largest absolute Gasteiger partial charge is 0.508 e. The lowest BCUT2D eigenvalue weighted by atomic mass is 10.2. The highest BCUT2D eigenvalue weighted by Gasteiger charge is 2.14. The number of methoxy groups -OCH3 is 3. The van der Waals surface area contributed by atoms with E-state index in [1.165, 1.54) is 39.5 Å². The molecule has 28 heavy (non-hydrogen) atoms. The minimum absolute atomic E-state index is 0.0446. The van der Waals surface area contributed by atoms with Crippen LogP contribution in [-0.2, 0) is 4.79 Å². The molecule has 0 heterocycles. The summed E-state index contributed by atoms with van der Waals surface area (Å²) in [5.41, 5.74) is 0. The molecule has 0 aromatic heterocycles. The predicted molar refractivity (Wildman–Crippen MR) is 101 cm³/mol. The van der Waals surface area contributed by atoms with Crippen molar-refractivity contribution in [3.05, 3.63) is 30.3 Å². The van der Waals surface area contributed by atoms with Gasteiger partial charge in [-0.2, -0.15) is 0 Å². The Morgan fingerprint density at radius 2 is 1.21 bits per heavy atom. The van der Waals surface area contributed by atoms with Gasteiger partial charge in [-0.15, -0.1) is 0 Å². The summed E-state index contributed by atoms with van der Waals surface area (Å²) in [4.78, 5) is 12.0. The number of hydrogen-bond donors (Lipinski definition) is 2. The van der Waals surface area contributed by atoms with E-state index < -0.39 is 0 Å². The van der Waals surface area contributed by atoms with Crippen LogP contribution in [0.25, 0.3) is 0 Å². The molecule has 0 aliphatic rings. The first-order valence-corrected chi connectivity index (χ1v) is 8.57. The lowest BCUT2D eigenvalue weighted by Gasteiger charge is -2.14. The van der Waals surface area contributed by atoms with E-state index in [0.29, 0.717) is 28.7 Å². The first kappa shape index (κ1) is 21.0. The Hall–Kier alpha value is -3.29.